The van der Waals surface area contributed by atoms with Gasteiger partial charge >= 0.3 is 0 Å². The maximum absolute atomic E-state index is 12.2. The Morgan fingerprint density at radius 2 is 1.78 bits per heavy atom. The van der Waals surface area contributed by atoms with E-state index in [1.807, 2.05) is 0 Å². The van der Waals surface area contributed by atoms with Crippen LogP contribution in [0.25, 0.3) is 0 Å². The van der Waals surface area contributed by atoms with Crippen LogP contribution in [0.3, 0.4) is 0 Å². The molecule has 1 aliphatic heterocycles. The number of aliphatic hydroxyl groups excluding tert-OH is 1. The van der Waals surface area contributed by atoms with Crippen LogP contribution >= 0.6 is 0 Å². The molecular formula is C17H26N4O2. The number of nitrogens with one attached hydrogen (secondary N) is 1. The Kier molecular flexibility index (Phi) is 5.43. The SMILES string of the molecule is O=C(NC1CCCCC1)c1cnc(N2CCC(CO)CC2)nc1. The lowest BCUT2D eigenvalue weighted by Gasteiger charge is -2.31. The van der Waals surface area contributed by atoms with E-state index in [4.69, 9.17) is 0 Å². The van der Waals surface area contributed by atoms with Gasteiger partial charge in [-0.05, 0) is 31.6 Å². The summed E-state index contributed by atoms with van der Waals surface area (Å²) in [7, 11) is 0. The summed E-state index contributed by atoms with van der Waals surface area (Å²) in [6.07, 6.45) is 11.0. The van der Waals surface area contributed by atoms with Gasteiger partial charge in [-0.1, -0.05) is 19.3 Å². The van der Waals surface area contributed by atoms with Crippen molar-refractivity contribution in [1.29, 1.82) is 0 Å². The topological polar surface area (TPSA) is 78.4 Å². The molecule has 3 rings (SSSR count). The number of aliphatic hydroxyl groups is 1. The fourth-order valence-electron chi connectivity index (χ4n) is 3.43. The summed E-state index contributed by atoms with van der Waals surface area (Å²) in [5.41, 5.74) is 0.532. The van der Waals surface area contributed by atoms with E-state index in [0.717, 1.165) is 38.8 Å². The lowest BCUT2D eigenvalue weighted by Crippen LogP contribution is -2.37. The van der Waals surface area contributed by atoms with Gasteiger partial charge in [0.2, 0.25) is 5.95 Å². The summed E-state index contributed by atoms with van der Waals surface area (Å²) in [4.78, 5) is 23.1. The van der Waals surface area contributed by atoms with Crippen molar-refractivity contribution in [2.24, 2.45) is 5.92 Å². The molecule has 1 saturated carbocycles. The van der Waals surface area contributed by atoms with Crippen molar-refractivity contribution < 1.29 is 9.90 Å². The molecule has 6 heteroatoms. The number of carbonyl (C=O) groups excluding carboxylic acids is 1. The van der Waals surface area contributed by atoms with E-state index < -0.39 is 0 Å². The molecule has 0 unspecified atom stereocenters. The minimum atomic E-state index is -0.0672. The number of hydrogen-bond acceptors (Lipinski definition) is 5. The monoisotopic (exact) mass is 318 g/mol. The van der Waals surface area contributed by atoms with Crippen LogP contribution in [0.5, 0.6) is 0 Å². The zero-order valence-corrected chi connectivity index (χ0v) is 13.6. The standard InChI is InChI=1S/C17H26N4O2/c22-12-13-6-8-21(9-7-13)17-18-10-14(11-19-17)16(23)20-15-4-2-1-3-5-15/h10-11,13,15,22H,1-9,12H2,(H,20,23). The van der Waals surface area contributed by atoms with Crippen molar-refractivity contribution >= 4 is 11.9 Å². The summed E-state index contributed by atoms with van der Waals surface area (Å²) < 4.78 is 0. The fraction of sp³-hybridized carbons (Fsp3) is 0.706. The molecule has 2 heterocycles. The van der Waals surface area contributed by atoms with Gasteiger partial charge in [-0.3, -0.25) is 4.79 Å². The number of carbonyl (C=O) groups is 1. The predicted octanol–water partition coefficient (Wildman–Crippen LogP) is 1.75. The van der Waals surface area contributed by atoms with Gasteiger partial charge in [-0.25, -0.2) is 9.97 Å². The molecule has 2 aliphatic rings. The molecule has 2 fully saturated rings. The lowest BCUT2D eigenvalue weighted by molar-refractivity contribution is 0.0927. The van der Waals surface area contributed by atoms with E-state index in [2.05, 4.69) is 20.2 Å². The van der Waals surface area contributed by atoms with Crippen molar-refractivity contribution in [3.05, 3.63) is 18.0 Å². The van der Waals surface area contributed by atoms with Crippen LogP contribution in [0.15, 0.2) is 12.4 Å². The fourth-order valence-corrected chi connectivity index (χ4v) is 3.43. The van der Waals surface area contributed by atoms with Gasteiger partial charge in [0.25, 0.3) is 5.91 Å². The Bertz CT molecular complexity index is 506. The van der Waals surface area contributed by atoms with Crippen LogP contribution in [0.2, 0.25) is 0 Å². The molecule has 0 spiro atoms. The van der Waals surface area contributed by atoms with Gasteiger partial charge in [0.1, 0.15) is 0 Å². The molecule has 0 aromatic carbocycles. The van der Waals surface area contributed by atoms with Crippen molar-refractivity contribution in [1.82, 2.24) is 15.3 Å². The van der Waals surface area contributed by atoms with Gasteiger partial charge in [-0.2, -0.15) is 0 Å². The van der Waals surface area contributed by atoms with E-state index in [9.17, 15) is 9.90 Å². The highest BCUT2D eigenvalue weighted by Crippen LogP contribution is 2.20. The summed E-state index contributed by atoms with van der Waals surface area (Å²) in [6, 6.07) is 0.299. The maximum atomic E-state index is 12.2. The molecule has 0 bridgehead atoms. The number of piperidine rings is 1. The Labute approximate surface area is 137 Å². The van der Waals surface area contributed by atoms with E-state index in [1.54, 1.807) is 12.4 Å². The largest absolute Gasteiger partial charge is 0.396 e. The highest BCUT2D eigenvalue weighted by molar-refractivity contribution is 5.93. The molecule has 1 aliphatic carbocycles. The van der Waals surface area contributed by atoms with Gasteiger partial charge in [0.15, 0.2) is 0 Å². The Morgan fingerprint density at radius 3 is 2.39 bits per heavy atom. The highest BCUT2D eigenvalue weighted by Gasteiger charge is 2.21. The Morgan fingerprint density at radius 1 is 1.13 bits per heavy atom. The number of aromatic nitrogens is 2. The van der Waals surface area contributed by atoms with Crippen molar-refractivity contribution in [3.63, 3.8) is 0 Å². The first-order valence-electron chi connectivity index (χ1n) is 8.75. The normalized spacial score (nSPS) is 20.5. The number of rotatable bonds is 4. The third-order valence-electron chi connectivity index (χ3n) is 5.00. The van der Waals surface area contributed by atoms with Gasteiger partial charge in [-0.15, -0.1) is 0 Å². The molecule has 1 aromatic rings. The Hall–Kier alpha value is -1.69. The summed E-state index contributed by atoms with van der Waals surface area (Å²) in [5.74, 6) is 1.00. The van der Waals surface area contributed by atoms with Gasteiger partial charge in [0, 0.05) is 38.1 Å². The molecule has 6 nitrogen and oxygen atoms in total. The van der Waals surface area contributed by atoms with E-state index in [0.29, 0.717) is 23.5 Å². The van der Waals surface area contributed by atoms with Crippen LogP contribution in [-0.2, 0) is 0 Å². The lowest BCUT2D eigenvalue weighted by atomic mass is 9.95. The zero-order chi connectivity index (χ0) is 16.1. The van der Waals surface area contributed by atoms with E-state index >= 15 is 0 Å². The van der Waals surface area contributed by atoms with Crippen molar-refractivity contribution in [3.8, 4) is 0 Å². The average molecular weight is 318 g/mol. The maximum Gasteiger partial charge on any atom is 0.254 e. The predicted molar refractivity (Wildman–Crippen MR) is 88.4 cm³/mol. The number of anilines is 1. The second kappa shape index (κ2) is 7.73. The van der Waals surface area contributed by atoms with Crippen LogP contribution in [0, 0.1) is 5.92 Å². The quantitative estimate of drug-likeness (QED) is 0.884. The minimum Gasteiger partial charge on any atom is -0.396 e. The first-order valence-corrected chi connectivity index (χ1v) is 8.75. The third-order valence-corrected chi connectivity index (χ3v) is 5.00. The number of hydrogen-bond donors (Lipinski definition) is 2. The number of nitrogens with zero attached hydrogens (tertiary/aromatic N) is 3. The van der Waals surface area contributed by atoms with Crippen LogP contribution < -0.4 is 10.2 Å². The molecule has 1 amide bonds. The van der Waals surface area contributed by atoms with Crippen LogP contribution in [0.4, 0.5) is 5.95 Å². The second-order valence-electron chi connectivity index (χ2n) is 6.69. The molecule has 2 N–H and O–H groups in total. The summed E-state index contributed by atoms with van der Waals surface area (Å²) in [6.45, 7) is 1.98. The van der Waals surface area contributed by atoms with E-state index in [-0.39, 0.29) is 12.5 Å². The summed E-state index contributed by atoms with van der Waals surface area (Å²) >= 11 is 0. The van der Waals surface area contributed by atoms with E-state index in [1.165, 1.54) is 19.3 Å². The van der Waals surface area contributed by atoms with Crippen molar-refractivity contribution in [2.75, 3.05) is 24.6 Å². The van der Waals surface area contributed by atoms with Gasteiger partial charge in [0.05, 0.1) is 5.56 Å². The average Bonchev–Trinajstić information content (AvgIpc) is 2.63. The molecule has 126 valence electrons. The molecule has 0 radical (unpaired) electrons. The third kappa shape index (κ3) is 4.19. The highest BCUT2D eigenvalue weighted by atomic mass is 16.3. The molecule has 1 aromatic heterocycles. The molecule has 0 atom stereocenters. The molecule has 1 saturated heterocycles. The molecule has 23 heavy (non-hydrogen) atoms. The second-order valence-corrected chi connectivity index (χ2v) is 6.69. The van der Waals surface area contributed by atoms with Crippen LogP contribution in [0.1, 0.15) is 55.3 Å². The first kappa shape index (κ1) is 16.2. The minimum absolute atomic E-state index is 0.0672. The first-order chi connectivity index (χ1) is 11.3. The summed E-state index contributed by atoms with van der Waals surface area (Å²) in [5, 5.41) is 12.3. The van der Waals surface area contributed by atoms with Gasteiger partial charge < -0.3 is 15.3 Å². The van der Waals surface area contributed by atoms with Crippen molar-refractivity contribution in [2.45, 2.75) is 51.0 Å². The zero-order valence-electron chi connectivity index (χ0n) is 13.6. The molecular weight excluding hydrogens is 292 g/mol. The Balaban J connectivity index is 1.55. The number of amides is 1. The van der Waals surface area contributed by atoms with Crippen LogP contribution in [-0.4, -0.2) is 46.7 Å². The smallest absolute Gasteiger partial charge is 0.254 e.